The lowest BCUT2D eigenvalue weighted by Crippen LogP contribution is -2.23. The van der Waals surface area contributed by atoms with Crippen molar-refractivity contribution in [2.45, 2.75) is 26.3 Å². The van der Waals surface area contributed by atoms with E-state index >= 15 is 0 Å². The third-order valence-electron chi connectivity index (χ3n) is 1.18. The molecule has 1 aromatic rings. The van der Waals surface area contributed by atoms with E-state index in [-0.39, 0.29) is 10.8 Å². The standard InChI is InChI=1S/C6H9ClFN3/c1-6(2,3)11-4(7)9-5(8)10-11/h1-3H3. The highest BCUT2D eigenvalue weighted by molar-refractivity contribution is 6.28. The number of halogens is 2. The summed E-state index contributed by atoms with van der Waals surface area (Å²) in [5.74, 6) is 0. The van der Waals surface area contributed by atoms with E-state index in [0.29, 0.717) is 0 Å². The molecule has 11 heavy (non-hydrogen) atoms. The highest BCUT2D eigenvalue weighted by Crippen LogP contribution is 2.17. The second kappa shape index (κ2) is 2.44. The minimum Gasteiger partial charge on any atom is -0.228 e. The van der Waals surface area contributed by atoms with E-state index in [2.05, 4.69) is 10.1 Å². The number of nitrogens with zero attached hydrogens (tertiary/aromatic N) is 3. The lowest BCUT2D eigenvalue weighted by atomic mass is 10.1. The van der Waals surface area contributed by atoms with Crippen molar-refractivity contribution in [3.63, 3.8) is 0 Å². The maximum absolute atomic E-state index is 12.4. The Hall–Kier alpha value is -0.640. The molecule has 1 rings (SSSR count). The van der Waals surface area contributed by atoms with Crippen LogP contribution in [0, 0.1) is 6.08 Å². The Morgan fingerprint density at radius 3 is 2.18 bits per heavy atom. The third-order valence-corrected chi connectivity index (χ3v) is 1.42. The van der Waals surface area contributed by atoms with Gasteiger partial charge in [-0.05, 0) is 32.4 Å². The zero-order valence-electron chi connectivity index (χ0n) is 6.60. The highest BCUT2D eigenvalue weighted by atomic mass is 35.5. The summed E-state index contributed by atoms with van der Waals surface area (Å²) >= 11 is 5.58. The van der Waals surface area contributed by atoms with Crippen LogP contribution < -0.4 is 0 Å². The molecule has 0 aliphatic rings. The first-order chi connectivity index (χ1) is 4.91. The summed E-state index contributed by atoms with van der Waals surface area (Å²) in [6.07, 6.45) is -0.787. The first kappa shape index (κ1) is 8.46. The fourth-order valence-corrected chi connectivity index (χ4v) is 1.06. The molecule has 1 heterocycles. The SMILES string of the molecule is CC(C)(C)n1nc(F)nc1Cl. The Labute approximate surface area is 69.2 Å². The van der Waals surface area contributed by atoms with Crippen LogP contribution >= 0.6 is 11.6 Å². The van der Waals surface area contributed by atoms with Crippen LogP contribution in [0.1, 0.15) is 20.8 Å². The van der Waals surface area contributed by atoms with Gasteiger partial charge < -0.3 is 0 Å². The average Bonchev–Trinajstić information content (AvgIpc) is 2.08. The summed E-state index contributed by atoms with van der Waals surface area (Å²) in [7, 11) is 0. The van der Waals surface area contributed by atoms with Gasteiger partial charge in [-0.25, -0.2) is 4.68 Å². The Bertz CT molecular complexity index is 263. The van der Waals surface area contributed by atoms with Crippen LogP contribution in [0.3, 0.4) is 0 Å². The molecule has 0 saturated carbocycles. The van der Waals surface area contributed by atoms with Crippen LogP contribution in [-0.2, 0) is 5.54 Å². The average molecular weight is 178 g/mol. The van der Waals surface area contributed by atoms with Gasteiger partial charge in [-0.3, -0.25) is 0 Å². The van der Waals surface area contributed by atoms with Crippen molar-refractivity contribution in [2.75, 3.05) is 0 Å². The largest absolute Gasteiger partial charge is 0.328 e. The van der Waals surface area contributed by atoms with Gasteiger partial charge in [0.1, 0.15) is 0 Å². The van der Waals surface area contributed by atoms with Crippen molar-refractivity contribution in [3.8, 4) is 0 Å². The Morgan fingerprint density at radius 2 is 2.00 bits per heavy atom. The van der Waals surface area contributed by atoms with Gasteiger partial charge in [0.2, 0.25) is 5.28 Å². The third kappa shape index (κ3) is 1.68. The first-order valence-electron chi connectivity index (χ1n) is 3.20. The van der Waals surface area contributed by atoms with Crippen molar-refractivity contribution in [1.29, 1.82) is 0 Å². The van der Waals surface area contributed by atoms with Gasteiger partial charge in [0.25, 0.3) is 0 Å². The lowest BCUT2D eigenvalue weighted by Gasteiger charge is -2.18. The van der Waals surface area contributed by atoms with Crippen molar-refractivity contribution < 1.29 is 4.39 Å². The molecule has 0 saturated heterocycles. The topological polar surface area (TPSA) is 30.7 Å². The van der Waals surface area contributed by atoms with E-state index in [4.69, 9.17) is 11.6 Å². The quantitative estimate of drug-likeness (QED) is 0.605. The Balaban J connectivity index is 3.13. The summed E-state index contributed by atoms with van der Waals surface area (Å²) in [6, 6.07) is 0. The zero-order valence-corrected chi connectivity index (χ0v) is 7.35. The van der Waals surface area contributed by atoms with Crippen LogP contribution in [0.4, 0.5) is 4.39 Å². The minimum atomic E-state index is -0.787. The van der Waals surface area contributed by atoms with Gasteiger partial charge in [0, 0.05) is 0 Å². The van der Waals surface area contributed by atoms with Gasteiger partial charge in [0.15, 0.2) is 0 Å². The van der Waals surface area contributed by atoms with Crippen LogP contribution in [0.15, 0.2) is 0 Å². The molecular formula is C6H9ClFN3. The summed E-state index contributed by atoms with van der Waals surface area (Å²) in [5.41, 5.74) is -0.325. The molecule has 0 aromatic carbocycles. The van der Waals surface area contributed by atoms with Gasteiger partial charge in [-0.2, -0.15) is 9.37 Å². The predicted octanol–water partition coefficient (Wildman–Crippen LogP) is 1.83. The summed E-state index contributed by atoms with van der Waals surface area (Å²) in [5, 5.41) is 3.57. The van der Waals surface area contributed by atoms with E-state index in [9.17, 15) is 4.39 Å². The molecule has 0 aliphatic heterocycles. The molecule has 0 bridgehead atoms. The van der Waals surface area contributed by atoms with Crippen LogP contribution in [0.5, 0.6) is 0 Å². The lowest BCUT2D eigenvalue weighted by molar-refractivity contribution is 0.342. The number of hydrogen-bond donors (Lipinski definition) is 0. The van der Waals surface area contributed by atoms with Crippen molar-refractivity contribution >= 4 is 11.6 Å². The molecule has 0 spiro atoms. The molecular weight excluding hydrogens is 169 g/mol. The minimum absolute atomic E-state index is 0.0787. The second-order valence-electron chi connectivity index (χ2n) is 3.23. The van der Waals surface area contributed by atoms with Crippen molar-refractivity contribution in [2.24, 2.45) is 0 Å². The van der Waals surface area contributed by atoms with Gasteiger partial charge in [-0.1, -0.05) is 0 Å². The fourth-order valence-electron chi connectivity index (χ4n) is 0.696. The Morgan fingerprint density at radius 1 is 1.45 bits per heavy atom. The smallest absolute Gasteiger partial charge is 0.228 e. The van der Waals surface area contributed by atoms with Crippen LogP contribution in [-0.4, -0.2) is 14.8 Å². The van der Waals surface area contributed by atoms with Gasteiger partial charge in [0.05, 0.1) is 5.54 Å². The summed E-state index contributed by atoms with van der Waals surface area (Å²) in [6.45, 7) is 5.60. The molecule has 0 N–H and O–H groups in total. The van der Waals surface area contributed by atoms with E-state index in [0.717, 1.165) is 0 Å². The monoisotopic (exact) mass is 177 g/mol. The van der Waals surface area contributed by atoms with E-state index in [1.807, 2.05) is 20.8 Å². The molecule has 62 valence electrons. The normalized spacial score (nSPS) is 12.1. The second-order valence-corrected chi connectivity index (χ2v) is 3.57. The molecule has 0 amide bonds. The maximum atomic E-state index is 12.4. The van der Waals surface area contributed by atoms with Gasteiger partial charge >= 0.3 is 6.08 Å². The molecule has 0 fully saturated rings. The molecule has 5 heteroatoms. The fraction of sp³-hybridized carbons (Fsp3) is 0.667. The van der Waals surface area contributed by atoms with E-state index < -0.39 is 6.08 Å². The van der Waals surface area contributed by atoms with Crippen molar-refractivity contribution in [3.05, 3.63) is 11.4 Å². The van der Waals surface area contributed by atoms with Crippen LogP contribution in [0.25, 0.3) is 0 Å². The van der Waals surface area contributed by atoms with Gasteiger partial charge in [-0.15, -0.1) is 5.10 Å². The number of aromatic nitrogens is 3. The molecule has 0 aliphatic carbocycles. The predicted molar refractivity (Wildman–Crippen MR) is 40.0 cm³/mol. The van der Waals surface area contributed by atoms with Crippen molar-refractivity contribution in [1.82, 2.24) is 14.8 Å². The molecule has 0 unspecified atom stereocenters. The molecule has 0 radical (unpaired) electrons. The highest BCUT2D eigenvalue weighted by Gasteiger charge is 2.19. The summed E-state index contributed by atoms with van der Waals surface area (Å²) < 4.78 is 13.7. The summed E-state index contributed by atoms with van der Waals surface area (Å²) in [4.78, 5) is 3.33. The zero-order chi connectivity index (χ0) is 8.65. The molecule has 0 atom stereocenters. The molecule has 3 nitrogen and oxygen atoms in total. The first-order valence-corrected chi connectivity index (χ1v) is 3.57. The number of rotatable bonds is 0. The number of hydrogen-bond acceptors (Lipinski definition) is 2. The van der Waals surface area contributed by atoms with E-state index in [1.54, 1.807) is 0 Å². The Kier molecular flexibility index (Phi) is 1.88. The molecule has 1 aromatic heterocycles. The van der Waals surface area contributed by atoms with E-state index in [1.165, 1.54) is 4.68 Å². The maximum Gasteiger partial charge on any atom is 0.328 e. The van der Waals surface area contributed by atoms with Crippen LogP contribution in [0.2, 0.25) is 5.28 Å².